The fourth-order valence-electron chi connectivity index (χ4n) is 3.06. The molecule has 0 fully saturated rings. The van der Waals surface area contributed by atoms with Gasteiger partial charge in [0.2, 0.25) is 5.75 Å². The van der Waals surface area contributed by atoms with Gasteiger partial charge in [-0.05, 0) is 31.2 Å². The number of hydrogen-bond acceptors (Lipinski definition) is 5. The molecular weight excluding hydrogens is 358 g/mol. The van der Waals surface area contributed by atoms with E-state index in [1.165, 1.54) is 0 Å². The molecular formula is C21H23N3O4. The van der Waals surface area contributed by atoms with E-state index in [9.17, 15) is 4.79 Å². The highest BCUT2D eigenvalue weighted by molar-refractivity contribution is 5.88. The van der Waals surface area contributed by atoms with Crippen molar-refractivity contribution in [2.75, 3.05) is 21.3 Å². The quantitative estimate of drug-likeness (QED) is 0.615. The Balaban J connectivity index is 2.09. The Kier molecular flexibility index (Phi) is 5.54. The average Bonchev–Trinajstić information content (AvgIpc) is 2.94. The Morgan fingerprint density at radius 1 is 0.929 bits per heavy atom. The molecule has 0 aliphatic carbocycles. The van der Waals surface area contributed by atoms with Crippen LogP contribution in [0.15, 0.2) is 52.3 Å². The molecule has 0 aliphatic rings. The fraction of sp³-hybridized carbons (Fsp3) is 0.238. The predicted octanol–water partition coefficient (Wildman–Crippen LogP) is 3.26. The zero-order valence-electron chi connectivity index (χ0n) is 16.6. The number of methoxy groups -OCH3 is 3. The minimum atomic E-state index is -0.193. The second-order valence-corrected chi connectivity index (χ2v) is 6.09. The largest absolute Gasteiger partial charge is 0.493 e. The van der Waals surface area contributed by atoms with Crippen molar-refractivity contribution in [1.29, 1.82) is 0 Å². The lowest BCUT2D eigenvalue weighted by Crippen LogP contribution is -2.19. The van der Waals surface area contributed by atoms with Gasteiger partial charge in [-0.1, -0.05) is 18.2 Å². The highest BCUT2D eigenvalue weighted by Gasteiger charge is 2.17. The zero-order chi connectivity index (χ0) is 20.3. The van der Waals surface area contributed by atoms with Crippen molar-refractivity contribution in [1.82, 2.24) is 9.36 Å². The number of nitrogens with zero attached hydrogens (tertiary/aromatic N) is 3. The molecule has 0 N–H and O–H groups in total. The van der Waals surface area contributed by atoms with Crippen LogP contribution in [-0.2, 0) is 7.05 Å². The van der Waals surface area contributed by atoms with Gasteiger partial charge in [-0.15, -0.1) is 0 Å². The van der Waals surface area contributed by atoms with Gasteiger partial charge in [0.1, 0.15) is 0 Å². The number of rotatable bonds is 6. The first-order chi connectivity index (χ1) is 13.5. The Morgan fingerprint density at radius 3 is 2.21 bits per heavy atom. The van der Waals surface area contributed by atoms with Crippen molar-refractivity contribution >= 4 is 11.9 Å². The molecule has 0 unspecified atom stereocenters. The maximum atomic E-state index is 13.0. The van der Waals surface area contributed by atoms with Crippen LogP contribution >= 0.6 is 0 Å². The van der Waals surface area contributed by atoms with Gasteiger partial charge in [-0.2, -0.15) is 0 Å². The first-order valence-corrected chi connectivity index (χ1v) is 8.70. The van der Waals surface area contributed by atoms with Crippen molar-refractivity contribution in [3.05, 3.63) is 64.1 Å². The van der Waals surface area contributed by atoms with E-state index in [0.29, 0.717) is 28.5 Å². The molecule has 146 valence electrons. The van der Waals surface area contributed by atoms with Crippen LogP contribution in [-0.4, -0.2) is 36.9 Å². The normalized spacial score (nSPS) is 11.0. The lowest BCUT2D eigenvalue weighted by molar-refractivity contribution is 0.324. The van der Waals surface area contributed by atoms with Gasteiger partial charge in [0, 0.05) is 18.8 Å². The third-order valence-electron chi connectivity index (χ3n) is 4.59. The summed E-state index contributed by atoms with van der Waals surface area (Å²) in [5.74, 6) is 1.52. The fourth-order valence-corrected chi connectivity index (χ4v) is 3.06. The molecule has 2 aromatic carbocycles. The number of hydrogen-bond donors (Lipinski definition) is 0. The summed E-state index contributed by atoms with van der Waals surface area (Å²) in [6.07, 6.45) is 1.60. The number of benzene rings is 2. The molecule has 0 aliphatic heterocycles. The van der Waals surface area contributed by atoms with E-state index in [2.05, 4.69) is 4.99 Å². The van der Waals surface area contributed by atoms with E-state index in [-0.39, 0.29) is 5.56 Å². The Labute approximate surface area is 163 Å². The summed E-state index contributed by atoms with van der Waals surface area (Å²) >= 11 is 0. The summed E-state index contributed by atoms with van der Waals surface area (Å²) in [6, 6.07) is 13.0. The number of aromatic nitrogens is 2. The average molecular weight is 381 g/mol. The predicted molar refractivity (Wildman–Crippen MR) is 109 cm³/mol. The van der Waals surface area contributed by atoms with Crippen LogP contribution in [0, 0.1) is 6.92 Å². The molecule has 0 radical (unpaired) electrons. The van der Waals surface area contributed by atoms with Crippen LogP contribution in [0.1, 0.15) is 11.3 Å². The lowest BCUT2D eigenvalue weighted by atomic mass is 10.2. The molecule has 28 heavy (non-hydrogen) atoms. The standard InChI is InChI=1S/C21H23N3O4/c1-14-18(21(25)24(23(14)2)16-9-7-6-8-10-16)22-13-15-11-12-17(26-3)20(28-5)19(15)27-4/h6-13H,1-5H3. The highest BCUT2D eigenvalue weighted by atomic mass is 16.5. The van der Waals surface area contributed by atoms with Crippen LogP contribution in [0.4, 0.5) is 5.69 Å². The van der Waals surface area contributed by atoms with Crippen molar-refractivity contribution in [3.63, 3.8) is 0 Å². The topological polar surface area (TPSA) is 67.0 Å². The van der Waals surface area contributed by atoms with Crippen molar-refractivity contribution < 1.29 is 14.2 Å². The van der Waals surface area contributed by atoms with E-state index in [0.717, 1.165) is 11.4 Å². The Hall–Kier alpha value is -3.48. The summed E-state index contributed by atoms with van der Waals surface area (Å²) in [5.41, 5.74) is 2.38. The molecule has 0 atom stereocenters. The molecule has 0 saturated heterocycles. The first-order valence-electron chi connectivity index (χ1n) is 8.70. The molecule has 7 heteroatoms. The van der Waals surface area contributed by atoms with Crippen molar-refractivity contribution in [2.24, 2.45) is 12.0 Å². The van der Waals surface area contributed by atoms with E-state index < -0.39 is 0 Å². The minimum absolute atomic E-state index is 0.193. The van der Waals surface area contributed by atoms with E-state index in [4.69, 9.17) is 14.2 Å². The summed E-state index contributed by atoms with van der Waals surface area (Å²) in [6.45, 7) is 1.86. The monoisotopic (exact) mass is 381 g/mol. The van der Waals surface area contributed by atoms with Crippen LogP contribution < -0.4 is 19.8 Å². The summed E-state index contributed by atoms with van der Waals surface area (Å²) in [4.78, 5) is 17.4. The highest BCUT2D eigenvalue weighted by Crippen LogP contribution is 2.39. The molecule has 3 rings (SSSR count). The van der Waals surface area contributed by atoms with Crippen molar-refractivity contribution in [3.8, 4) is 22.9 Å². The lowest BCUT2D eigenvalue weighted by Gasteiger charge is -2.13. The van der Waals surface area contributed by atoms with E-state index in [1.54, 1.807) is 49.0 Å². The second kappa shape index (κ2) is 8.04. The molecule has 0 spiro atoms. The summed E-state index contributed by atoms with van der Waals surface area (Å²) < 4.78 is 19.5. The van der Waals surface area contributed by atoms with Crippen LogP contribution in [0.5, 0.6) is 17.2 Å². The molecule has 0 bridgehead atoms. The van der Waals surface area contributed by atoms with Gasteiger partial charge in [0.15, 0.2) is 17.2 Å². The SMILES string of the molecule is COc1ccc(C=Nc2c(C)n(C)n(-c3ccccc3)c2=O)c(OC)c1OC. The molecule has 7 nitrogen and oxygen atoms in total. The molecule has 0 amide bonds. The Bertz CT molecular complexity index is 1070. The smallest absolute Gasteiger partial charge is 0.297 e. The van der Waals surface area contributed by atoms with Crippen LogP contribution in [0.2, 0.25) is 0 Å². The maximum absolute atomic E-state index is 13.0. The molecule has 3 aromatic rings. The van der Waals surface area contributed by atoms with Gasteiger partial charge >= 0.3 is 0 Å². The number of ether oxygens (including phenoxy) is 3. The summed E-state index contributed by atoms with van der Waals surface area (Å²) in [5, 5.41) is 0. The molecule has 1 aromatic heterocycles. The van der Waals surface area contributed by atoms with Gasteiger partial charge < -0.3 is 14.2 Å². The van der Waals surface area contributed by atoms with Crippen LogP contribution in [0.25, 0.3) is 5.69 Å². The van der Waals surface area contributed by atoms with Gasteiger partial charge in [0.25, 0.3) is 5.56 Å². The molecule has 1 heterocycles. The molecule has 0 saturated carbocycles. The number of para-hydroxylation sites is 1. The van der Waals surface area contributed by atoms with Crippen LogP contribution in [0.3, 0.4) is 0 Å². The third-order valence-corrected chi connectivity index (χ3v) is 4.59. The Morgan fingerprint density at radius 2 is 1.61 bits per heavy atom. The second-order valence-electron chi connectivity index (χ2n) is 6.09. The van der Waals surface area contributed by atoms with Gasteiger partial charge in [-0.25, -0.2) is 9.67 Å². The maximum Gasteiger partial charge on any atom is 0.297 e. The number of aliphatic imine (C=N–C) groups is 1. The van der Waals surface area contributed by atoms with Gasteiger partial charge in [-0.3, -0.25) is 9.48 Å². The zero-order valence-corrected chi connectivity index (χ0v) is 16.6. The van der Waals surface area contributed by atoms with E-state index in [1.807, 2.05) is 44.3 Å². The van der Waals surface area contributed by atoms with E-state index >= 15 is 0 Å². The van der Waals surface area contributed by atoms with Gasteiger partial charge in [0.05, 0.1) is 32.7 Å². The first kappa shape index (κ1) is 19.3. The minimum Gasteiger partial charge on any atom is -0.493 e. The van der Waals surface area contributed by atoms with Crippen molar-refractivity contribution in [2.45, 2.75) is 6.92 Å². The summed E-state index contributed by atoms with van der Waals surface area (Å²) in [7, 11) is 6.48. The third kappa shape index (κ3) is 3.26.